The predicted molar refractivity (Wildman–Crippen MR) is 120 cm³/mol. The molecule has 0 aliphatic carbocycles. The van der Waals surface area contributed by atoms with Gasteiger partial charge in [0.1, 0.15) is 0 Å². The highest BCUT2D eigenvalue weighted by atomic mass is 32.1. The summed E-state index contributed by atoms with van der Waals surface area (Å²) < 4.78 is 0. The first kappa shape index (κ1) is 18.9. The maximum absolute atomic E-state index is 5.61. The topological polar surface area (TPSA) is 27.3 Å². The highest BCUT2D eigenvalue weighted by Gasteiger charge is 2.38. The first-order valence-electron chi connectivity index (χ1n) is 10.0. The molecule has 144 valence electrons. The number of thiophene rings is 1. The largest absolute Gasteiger partial charge is 0.360 e. The van der Waals surface area contributed by atoms with Gasteiger partial charge in [-0.1, -0.05) is 18.6 Å². The van der Waals surface area contributed by atoms with Crippen LogP contribution in [0.4, 0.5) is 5.69 Å². The summed E-state index contributed by atoms with van der Waals surface area (Å²) in [5, 5.41) is 9.93. The molecule has 2 aliphatic heterocycles. The third-order valence-electron chi connectivity index (χ3n) is 6.14. The summed E-state index contributed by atoms with van der Waals surface area (Å²) in [5.74, 6) is 0. The Bertz CT molecular complexity index is 773. The summed E-state index contributed by atoms with van der Waals surface area (Å²) >= 11 is 7.50. The lowest BCUT2D eigenvalue weighted by Gasteiger charge is -2.49. The van der Waals surface area contributed by atoms with Crippen LogP contribution in [0.3, 0.4) is 0 Å². The second kappa shape index (κ2) is 8.29. The van der Waals surface area contributed by atoms with E-state index < -0.39 is 0 Å². The Kier molecular flexibility index (Phi) is 5.81. The van der Waals surface area contributed by atoms with E-state index in [0.717, 1.165) is 17.3 Å². The van der Waals surface area contributed by atoms with Crippen molar-refractivity contribution in [2.75, 3.05) is 5.32 Å². The van der Waals surface area contributed by atoms with E-state index in [0.29, 0.717) is 18.1 Å². The Labute approximate surface area is 172 Å². The number of nitrogens with zero attached hydrogens (tertiary/aromatic N) is 1. The number of anilines is 1. The molecule has 27 heavy (non-hydrogen) atoms. The minimum absolute atomic E-state index is 0.478. The van der Waals surface area contributed by atoms with E-state index in [1.807, 2.05) is 11.3 Å². The molecule has 4 rings (SSSR count). The first-order valence-corrected chi connectivity index (χ1v) is 11.3. The highest BCUT2D eigenvalue weighted by Crippen LogP contribution is 2.35. The number of rotatable bonds is 4. The molecule has 0 amide bonds. The molecular formula is C22H29N3S2. The van der Waals surface area contributed by atoms with Gasteiger partial charge in [0.2, 0.25) is 0 Å². The van der Waals surface area contributed by atoms with Gasteiger partial charge in [0, 0.05) is 35.2 Å². The molecule has 1 unspecified atom stereocenters. The summed E-state index contributed by atoms with van der Waals surface area (Å²) in [6, 6.07) is 12.7. The van der Waals surface area contributed by atoms with Crippen LogP contribution in [0.25, 0.3) is 0 Å². The summed E-state index contributed by atoms with van der Waals surface area (Å²) in [5.41, 5.74) is 3.68. The van der Waals surface area contributed by atoms with E-state index in [1.54, 1.807) is 0 Å². The molecule has 0 radical (unpaired) electrons. The number of thiocarbonyl (C=S) groups is 1. The fourth-order valence-electron chi connectivity index (χ4n) is 4.61. The monoisotopic (exact) mass is 399 g/mol. The summed E-state index contributed by atoms with van der Waals surface area (Å²) in [6.07, 6.45) is 6.39. The first-order chi connectivity index (χ1) is 13.1. The highest BCUT2D eigenvalue weighted by molar-refractivity contribution is 7.80. The minimum Gasteiger partial charge on any atom is -0.360 e. The standard InChI is InChI=1S/C22H29N3S2/c1-15-8-9-17(11-16(15)2)23-22(26)24-18-12-19-5-3-6-20(13-18)25(19)14-21-7-4-10-27-21/h4,7-11,18-20H,3,5-6,12-14H2,1-2H3,(H2,23,24,26)/t18?,19-,20+. The van der Waals surface area contributed by atoms with Crippen LogP contribution in [-0.4, -0.2) is 28.1 Å². The fraction of sp³-hybridized carbons (Fsp3) is 0.500. The molecule has 2 aromatic rings. The van der Waals surface area contributed by atoms with Gasteiger partial charge in [-0.25, -0.2) is 0 Å². The Balaban J connectivity index is 1.35. The quantitative estimate of drug-likeness (QED) is 0.688. The molecule has 1 aromatic carbocycles. The van der Waals surface area contributed by atoms with Gasteiger partial charge in [-0.2, -0.15) is 0 Å². The number of fused-ring (bicyclic) bond motifs is 2. The van der Waals surface area contributed by atoms with Crippen LogP contribution in [0.1, 0.15) is 48.1 Å². The smallest absolute Gasteiger partial charge is 0.170 e. The van der Waals surface area contributed by atoms with E-state index >= 15 is 0 Å². The van der Waals surface area contributed by atoms with Crippen LogP contribution in [0.2, 0.25) is 0 Å². The number of nitrogens with one attached hydrogen (secondary N) is 2. The number of benzene rings is 1. The number of piperidine rings is 2. The minimum atomic E-state index is 0.478. The second-order valence-electron chi connectivity index (χ2n) is 8.06. The lowest BCUT2D eigenvalue weighted by atomic mass is 9.81. The van der Waals surface area contributed by atoms with Gasteiger partial charge in [0.25, 0.3) is 0 Å². The van der Waals surface area contributed by atoms with Gasteiger partial charge in [-0.3, -0.25) is 4.90 Å². The summed E-state index contributed by atoms with van der Waals surface area (Å²) in [4.78, 5) is 4.25. The van der Waals surface area contributed by atoms with Gasteiger partial charge in [0.15, 0.2) is 5.11 Å². The molecule has 3 nitrogen and oxygen atoms in total. The predicted octanol–water partition coefficient (Wildman–Crippen LogP) is 5.24. The molecule has 2 aliphatic rings. The van der Waals surface area contributed by atoms with Gasteiger partial charge in [-0.05, 0) is 86.5 Å². The third-order valence-corrected chi connectivity index (χ3v) is 7.23. The van der Waals surface area contributed by atoms with Crippen molar-refractivity contribution in [3.8, 4) is 0 Å². The van der Waals surface area contributed by atoms with Crippen LogP contribution < -0.4 is 10.6 Å². The van der Waals surface area contributed by atoms with Crippen molar-refractivity contribution in [1.29, 1.82) is 0 Å². The molecule has 2 saturated heterocycles. The SMILES string of the molecule is Cc1ccc(NC(=S)NC2C[C@H]3CCC[C@@H](C2)N3Cc2cccs2)cc1C. The van der Waals surface area contributed by atoms with Crippen molar-refractivity contribution in [2.45, 2.75) is 70.6 Å². The molecule has 1 aromatic heterocycles. The van der Waals surface area contributed by atoms with Crippen molar-refractivity contribution in [1.82, 2.24) is 10.2 Å². The lowest BCUT2D eigenvalue weighted by Crippen LogP contribution is -2.56. The Hall–Kier alpha value is -1.43. The van der Waals surface area contributed by atoms with Gasteiger partial charge in [-0.15, -0.1) is 11.3 Å². The van der Waals surface area contributed by atoms with Crippen LogP contribution in [0.5, 0.6) is 0 Å². The zero-order valence-corrected chi connectivity index (χ0v) is 17.8. The summed E-state index contributed by atoms with van der Waals surface area (Å²) in [7, 11) is 0. The summed E-state index contributed by atoms with van der Waals surface area (Å²) in [6.45, 7) is 5.39. The maximum atomic E-state index is 5.61. The van der Waals surface area contributed by atoms with Crippen LogP contribution in [0.15, 0.2) is 35.7 Å². The van der Waals surface area contributed by atoms with Gasteiger partial charge in [0.05, 0.1) is 0 Å². The maximum Gasteiger partial charge on any atom is 0.170 e. The average molecular weight is 400 g/mol. The van der Waals surface area contributed by atoms with Crippen LogP contribution >= 0.6 is 23.6 Å². The Morgan fingerprint density at radius 2 is 1.93 bits per heavy atom. The number of hydrogen-bond acceptors (Lipinski definition) is 3. The molecule has 0 saturated carbocycles. The zero-order valence-electron chi connectivity index (χ0n) is 16.2. The zero-order chi connectivity index (χ0) is 18.8. The Morgan fingerprint density at radius 3 is 2.59 bits per heavy atom. The molecule has 3 heterocycles. The van der Waals surface area contributed by atoms with Crippen molar-refractivity contribution in [3.05, 3.63) is 51.7 Å². The van der Waals surface area contributed by atoms with Crippen molar-refractivity contribution < 1.29 is 0 Å². The van der Waals surface area contributed by atoms with Crippen LogP contribution in [0, 0.1) is 13.8 Å². The molecule has 2 N–H and O–H groups in total. The van der Waals surface area contributed by atoms with E-state index in [4.69, 9.17) is 12.2 Å². The molecule has 5 heteroatoms. The van der Waals surface area contributed by atoms with Crippen molar-refractivity contribution in [2.24, 2.45) is 0 Å². The molecule has 0 spiro atoms. The average Bonchev–Trinajstić information content (AvgIpc) is 3.12. The van der Waals surface area contributed by atoms with Crippen molar-refractivity contribution >= 4 is 34.4 Å². The van der Waals surface area contributed by atoms with E-state index in [9.17, 15) is 0 Å². The van der Waals surface area contributed by atoms with E-state index in [2.05, 4.69) is 65.1 Å². The second-order valence-corrected chi connectivity index (χ2v) is 9.50. The fourth-order valence-corrected chi connectivity index (χ4v) is 5.61. The van der Waals surface area contributed by atoms with Crippen molar-refractivity contribution in [3.63, 3.8) is 0 Å². The lowest BCUT2D eigenvalue weighted by molar-refractivity contribution is 0.0220. The van der Waals surface area contributed by atoms with Gasteiger partial charge < -0.3 is 10.6 Å². The Morgan fingerprint density at radius 1 is 1.15 bits per heavy atom. The normalized spacial score (nSPS) is 25.2. The number of hydrogen-bond donors (Lipinski definition) is 2. The van der Waals surface area contributed by atoms with Crippen LogP contribution in [-0.2, 0) is 6.54 Å². The molecule has 2 bridgehead atoms. The molecular weight excluding hydrogens is 370 g/mol. The number of aryl methyl sites for hydroxylation is 2. The van der Waals surface area contributed by atoms with E-state index in [-0.39, 0.29) is 0 Å². The molecule has 3 atom stereocenters. The third kappa shape index (κ3) is 4.53. The van der Waals surface area contributed by atoms with E-state index in [1.165, 1.54) is 48.1 Å². The van der Waals surface area contributed by atoms with Gasteiger partial charge >= 0.3 is 0 Å². The molecule has 2 fully saturated rings.